The number of amides is 1. The molecule has 0 fully saturated rings. The topological polar surface area (TPSA) is 54.3 Å². The standard InChI is InChI=1S/C19H17FN2O2/c1-13(23)22-17-8-6-16(7-9-17)21-12-18-10-11-19(24-18)14-2-4-15(20)5-3-14/h2-11,21H,12H2,1H3,(H,22,23). The Hall–Kier alpha value is -3.08. The molecule has 0 saturated heterocycles. The number of anilines is 2. The van der Waals surface area contributed by atoms with Crippen molar-refractivity contribution in [3.63, 3.8) is 0 Å². The molecule has 4 nitrogen and oxygen atoms in total. The lowest BCUT2D eigenvalue weighted by molar-refractivity contribution is -0.114. The average molecular weight is 324 g/mol. The fourth-order valence-corrected chi connectivity index (χ4v) is 2.31. The Bertz CT molecular complexity index is 823. The maximum atomic E-state index is 13.0. The normalized spacial score (nSPS) is 10.4. The summed E-state index contributed by atoms with van der Waals surface area (Å²) in [6.07, 6.45) is 0. The lowest BCUT2D eigenvalue weighted by Gasteiger charge is -2.06. The molecule has 0 aliphatic carbocycles. The van der Waals surface area contributed by atoms with Crippen LogP contribution in [0.4, 0.5) is 15.8 Å². The van der Waals surface area contributed by atoms with Gasteiger partial charge in [-0.25, -0.2) is 4.39 Å². The third kappa shape index (κ3) is 4.01. The number of hydrogen-bond donors (Lipinski definition) is 2. The second-order valence-electron chi connectivity index (χ2n) is 5.38. The molecule has 2 N–H and O–H groups in total. The predicted molar refractivity (Wildman–Crippen MR) is 92.2 cm³/mol. The van der Waals surface area contributed by atoms with Crippen molar-refractivity contribution in [3.05, 3.63) is 72.2 Å². The van der Waals surface area contributed by atoms with Crippen LogP contribution in [0.2, 0.25) is 0 Å². The summed E-state index contributed by atoms with van der Waals surface area (Å²) in [5.74, 6) is 1.11. The number of benzene rings is 2. The van der Waals surface area contributed by atoms with Crippen LogP contribution in [0.1, 0.15) is 12.7 Å². The van der Waals surface area contributed by atoms with Gasteiger partial charge in [0.1, 0.15) is 17.3 Å². The Balaban J connectivity index is 1.61. The molecule has 2 aromatic carbocycles. The van der Waals surface area contributed by atoms with Crippen molar-refractivity contribution in [2.45, 2.75) is 13.5 Å². The molecule has 0 unspecified atom stereocenters. The van der Waals surface area contributed by atoms with Crippen molar-refractivity contribution in [2.24, 2.45) is 0 Å². The SMILES string of the molecule is CC(=O)Nc1ccc(NCc2ccc(-c3ccc(F)cc3)o2)cc1. The molecule has 0 saturated carbocycles. The van der Waals surface area contributed by atoms with Crippen molar-refractivity contribution in [2.75, 3.05) is 10.6 Å². The first-order valence-corrected chi connectivity index (χ1v) is 7.56. The number of nitrogens with one attached hydrogen (secondary N) is 2. The van der Waals surface area contributed by atoms with Crippen LogP contribution >= 0.6 is 0 Å². The number of rotatable bonds is 5. The van der Waals surface area contributed by atoms with Crippen LogP contribution in [-0.2, 0) is 11.3 Å². The highest BCUT2D eigenvalue weighted by atomic mass is 19.1. The molecule has 1 amide bonds. The number of carbonyl (C=O) groups is 1. The maximum absolute atomic E-state index is 13.0. The van der Waals surface area contributed by atoms with Crippen molar-refractivity contribution >= 4 is 17.3 Å². The molecule has 0 radical (unpaired) electrons. The molecule has 0 aliphatic rings. The van der Waals surface area contributed by atoms with E-state index in [1.165, 1.54) is 19.1 Å². The molecule has 0 aliphatic heterocycles. The quantitative estimate of drug-likeness (QED) is 0.718. The van der Waals surface area contributed by atoms with Gasteiger partial charge in [-0.1, -0.05) is 0 Å². The van der Waals surface area contributed by atoms with E-state index in [2.05, 4.69) is 10.6 Å². The summed E-state index contributed by atoms with van der Waals surface area (Å²) in [6, 6.07) is 17.4. The van der Waals surface area contributed by atoms with Crippen LogP contribution in [-0.4, -0.2) is 5.91 Å². The summed E-state index contributed by atoms with van der Waals surface area (Å²) in [7, 11) is 0. The second kappa shape index (κ2) is 7.00. The minimum Gasteiger partial charge on any atom is -0.459 e. The van der Waals surface area contributed by atoms with E-state index in [1.807, 2.05) is 36.4 Å². The van der Waals surface area contributed by atoms with E-state index in [0.29, 0.717) is 12.3 Å². The average Bonchev–Trinajstić information content (AvgIpc) is 3.03. The first-order valence-electron chi connectivity index (χ1n) is 7.56. The zero-order valence-electron chi connectivity index (χ0n) is 13.2. The van der Waals surface area contributed by atoms with Gasteiger partial charge in [0, 0.05) is 23.9 Å². The van der Waals surface area contributed by atoms with Gasteiger partial charge in [0.25, 0.3) is 0 Å². The highest BCUT2D eigenvalue weighted by Gasteiger charge is 2.05. The van der Waals surface area contributed by atoms with Crippen molar-refractivity contribution in [1.82, 2.24) is 0 Å². The molecule has 3 aromatic rings. The van der Waals surface area contributed by atoms with Crippen molar-refractivity contribution in [3.8, 4) is 11.3 Å². The van der Waals surface area contributed by atoms with Crippen LogP contribution < -0.4 is 10.6 Å². The number of furan rings is 1. The van der Waals surface area contributed by atoms with Gasteiger partial charge in [-0.05, 0) is 60.7 Å². The largest absolute Gasteiger partial charge is 0.459 e. The van der Waals surface area contributed by atoms with E-state index in [9.17, 15) is 9.18 Å². The Morgan fingerprint density at radius 2 is 1.62 bits per heavy atom. The summed E-state index contributed by atoms with van der Waals surface area (Å²) in [6.45, 7) is 2.00. The molecule has 1 heterocycles. The summed E-state index contributed by atoms with van der Waals surface area (Å²) < 4.78 is 18.7. The Kier molecular flexibility index (Phi) is 4.61. The van der Waals surface area contributed by atoms with Gasteiger partial charge in [-0.3, -0.25) is 4.79 Å². The van der Waals surface area contributed by atoms with Crippen molar-refractivity contribution < 1.29 is 13.6 Å². The fourth-order valence-electron chi connectivity index (χ4n) is 2.31. The highest BCUT2D eigenvalue weighted by molar-refractivity contribution is 5.88. The van der Waals surface area contributed by atoms with E-state index in [-0.39, 0.29) is 11.7 Å². The summed E-state index contributed by atoms with van der Waals surface area (Å²) in [5, 5.41) is 5.97. The monoisotopic (exact) mass is 324 g/mol. The molecule has 24 heavy (non-hydrogen) atoms. The minimum absolute atomic E-state index is 0.0976. The van der Waals surface area contributed by atoms with E-state index in [4.69, 9.17) is 4.42 Å². The van der Waals surface area contributed by atoms with Gasteiger partial charge in [-0.2, -0.15) is 0 Å². The van der Waals surface area contributed by atoms with Gasteiger partial charge < -0.3 is 15.1 Å². The smallest absolute Gasteiger partial charge is 0.221 e. The summed E-state index contributed by atoms with van der Waals surface area (Å²) >= 11 is 0. The zero-order valence-corrected chi connectivity index (χ0v) is 13.2. The molecule has 0 bridgehead atoms. The van der Waals surface area contributed by atoms with Gasteiger partial charge in [0.15, 0.2) is 0 Å². The number of carbonyl (C=O) groups excluding carboxylic acids is 1. The molecular formula is C19H17FN2O2. The van der Waals surface area contributed by atoms with E-state index >= 15 is 0 Å². The van der Waals surface area contributed by atoms with Crippen LogP contribution in [0.3, 0.4) is 0 Å². The first-order chi connectivity index (χ1) is 11.6. The maximum Gasteiger partial charge on any atom is 0.221 e. The Labute approximate surface area is 139 Å². The van der Waals surface area contributed by atoms with Gasteiger partial charge in [-0.15, -0.1) is 0 Å². The number of halogens is 1. The third-order valence-corrected chi connectivity index (χ3v) is 3.46. The zero-order chi connectivity index (χ0) is 16.9. The van der Waals surface area contributed by atoms with E-state index in [0.717, 1.165) is 22.7 Å². The summed E-state index contributed by atoms with van der Waals surface area (Å²) in [4.78, 5) is 11.0. The summed E-state index contributed by atoms with van der Waals surface area (Å²) in [5.41, 5.74) is 2.51. The molecule has 122 valence electrons. The predicted octanol–water partition coefficient (Wildman–Crippen LogP) is 4.66. The molecule has 1 aromatic heterocycles. The molecular weight excluding hydrogens is 307 g/mol. The first kappa shape index (κ1) is 15.8. The second-order valence-corrected chi connectivity index (χ2v) is 5.38. The lowest BCUT2D eigenvalue weighted by atomic mass is 10.2. The van der Waals surface area contributed by atoms with E-state index < -0.39 is 0 Å². The van der Waals surface area contributed by atoms with Crippen LogP contribution in [0, 0.1) is 5.82 Å². The Morgan fingerprint density at radius 1 is 0.958 bits per heavy atom. The molecule has 0 spiro atoms. The van der Waals surface area contributed by atoms with Crippen molar-refractivity contribution in [1.29, 1.82) is 0 Å². The highest BCUT2D eigenvalue weighted by Crippen LogP contribution is 2.23. The minimum atomic E-state index is -0.269. The Morgan fingerprint density at radius 3 is 2.29 bits per heavy atom. The van der Waals surface area contributed by atoms with Crippen LogP contribution in [0.25, 0.3) is 11.3 Å². The molecule has 3 rings (SSSR count). The molecule has 0 atom stereocenters. The third-order valence-electron chi connectivity index (χ3n) is 3.46. The number of hydrogen-bond acceptors (Lipinski definition) is 3. The van der Waals surface area contributed by atoms with Crippen LogP contribution in [0.15, 0.2) is 65.1 Å². The van der Waals surface area contributed by atoms with Gasteiger partial charge >= 0.3 is 0 Å². The molecule has 5 heteroatoms. The fraction of sp³-hybridized carbons (Fsp3) is 0.105. The van der Waals surface area contributed by atoms with E-state index in [1.54, 1.807) is 12.1 Å². The lowest BCUT2D eigenvalue weighted by Crippen LogP contribution is -2.05. The van der Waals surface area contributed by atoms with Crippen LogP contribution in [0.5, 0.6) is 0 Å². The van der Waals surface area contributed by atoms with Gasteiger partial charge in [0.05, 0.1) is 6.54 Å². The van der Waals surface area contributed by atoms with Gasteiger partial charge in [0.2, 0.25) is 5.91 Å².